The van der Waals surface area contributed by atoms with Crippen molar-refractivity contribution in [3.63, 3.8) is 0 Å². The summed E-state index contributed by atoms with van der Waals surface area (Å²) in [6.45, 7) is 1.25. The van der Waals surface area contributed by atoms with E-state index in [-0.39, 0.29) is 11.3 Å². The van der Waals surface area contributed by atoms with Crippen LogP contribution in [0.25, 0.3) is 0 Å². The molecule has 0 aliphatic heterocycles. The molecule has 14 heavy (non-hydrogen) atoms. The van der Waals surface area contributed by atoms with Crippen LogP contribution in [0.2, 0.25) is 0 Å². The van der Waals surface area contributed by atoms with Crippen molar-refractivity contribution in [2.45, 2.75) is 13.3 Å². The van der Waals surface area contributed by atoms with Crippen molar-refractivity contribution in [2.75, 3.05) is 0 Å². The van der Waals surface area contributed by atoms with Gasteiger partial charge in [0.2, 0.25) is 6.36 Å². The number of aromatic carboxylic acids is 1. The van der Waals surface area contributed by atoms with E-state index < -0.39 is 12.3 Å². The Hall–Kier alpha value is -1.10. The lowest BCUT2D eigenvalue weighted by molar-refractivity contribution is 0.0695. The number of alkyl halides is 1. The summed E-state index contributed by atoms with van der Waals surface area (Å²) >= 11 is 3.05. The van der Waals surface area contributed by atoms with Crippen LogP contribution in [0.1, 0.15) is 17.3 Å². The quantitative estimate of drug-likeness (QED) is 0.912. The van der Waals surface area contributed by atoms with Crippen LogP contribution < -0.4 is 4.74 Å². The fourth-order valence-electron chi connectivity index (χ4n) is 0.930. The molecule has 1 atom stereocenters. The van der Waals surface area contributed by atoms with Gasteiger partial charge in [0.25, 0.3) is 0 Å². The Morgan fingerprint density at radius 2 is 2.29 bits per heavy atom. The Bertz CT molecular complexity index is 352. The first-order chi connectivity index (χ1) is 6.50. The van der Waals surface area contributed by atoms with E-state index in [4.69, 9.17) is 9.84 Å². The highest BCUT2D eigenvalue weighted by atomic mass is 79.9. The predicted octanol–water partition coefficient (Wildman–Crippen LogP) is 2.84. The van der Waals surface area contributed by atoms with Crippen molar-refractivity contribution in [1.29, 1.82) is 0 Å². The standard InChI is InChI=1S/C9H8BrFO3/c1-5(11)14-6-2-3-7(9(12)13)8(10)4-6/h2-5H,1H3,(H,12,13). The molecule has 0 aromatic heterocycles. The van der Waals surface area contributed by atoms with Gasteiger partial charge in [0.15, 0.2) is 0 Å². The molecular weight excluding hydrogens is 255 g/mol. The van der Waals surface area contributed by atoms with E-state index in [0.717, 1.165) is 0 Å². The van der Waals surface area contributed by atoms with Crippen molar-refractivity contribution in [3.05, 3.63) is 28.2 Å². The van der Waals surface area contributed by atoms with Gasteiger partial charge in [-0.05, 0) is 34.1 Å². The summed E-state index contributed by atoms with van der Waals surface area (Å²) in [5, 5.41) is 8.69. The van der Waals surface area contributed by atoms with Gasteiger partial charge in [-0.15, -0.1) is 0 Å². The fraction of sp³-hybridized carbons (Fsp3) is 0.222. The summed E-state index contributed by atoms with van der Waals surface area (Å²) in [5.74, 6) is -0.756. The summed E-state index contributed by atoms with van der Waals surface area (Å²) in [5.41, 5.74) is 0.115. The third-order valence-corrected chi connectivity index (χ3v) is 2.13. The van der Waals surface area contributed by atoms with Gasteiger partial charge >= 0.3 is 5.97 Å². The van der Waals surface area contributed by atoms with E-state index in [1.807, 2.05) is 0 Å². The molecule has 5 heteroatoms. The van der Waals surface area contributed by atoms with Gasteiger partial charge in [-0.2, -0.15) is 0 Å². The second-order valence-electron chi connectivity index (χ2n) is 2.61. The van der Waals surface area contributed by atoms with Gasteiger partial charge in [-0.3, -0.25) is 0 Å². The lowest BCUT2D eigenvalue weighted by Crippen LogP contribution is -2.04. The summed E-state index contributed by atoms with van der Waals surface area (Å²) in [7, 11) is 0. The fourth-order valence-corrected chi connectivity index (χ4v) is 1.46. The molecule has 1 N–H and O–H groups in total. The molecule has 0 aliphatic rings. The monoisotopic (exact) mass is 262 g/mol. The molecule has 76 valence electrons. The molecule has 0 bridgehead atoms. The highest BCUT2D eigenvalue weighted by Gasteiger charge is 2.09. The lowest BCUT2D eigenvalue weighted by atomic mass is 10.2. The highest BCUT2D eigenvalue weighted by Crippen LogP contribution is 2.23. The summed E-state index contributed by atoms with van der Waals surface area (Å²) in [4.78, 5) is 10.6. The average Bonchev–Trinajstić information content (AvgIpc) is 2.01. The summed E-state index contributed by atoms with van der Waals surface area (Å²) < 4.78 is 17.5. The van der Waals surface area contributed by atoms with Crippen LogP contribution in [-0.4, -0.2) is 17.4 Å². The first-order valence-electron chi connectivity index (χ1n) is 3.84. The molecule has 0 radical (unpaired) electrons. The molecular formula is C9H8BrFO3. The SMILES string of the molecule is CC(F)Oc1ccc(C(=O)O)c(Br)c1. The molecule has 1 aromatic carbocycles. The normalized spacial score (nSPS) is 12.2. The number of hydrogen-bond acceptors (Lipinski definition) is 2. The van der Waals surface area contributed by atoms with Crippen LogP contribution in [0.5, 0.6) is 5.75 Å². The highest BCUT2D eigenvalue weighted by molar-refractivity contribution is 9.10. The van der Waals surface area contributed by atoms with Crippen molar-refractivity contribution in [1.82, 2.24) is 0 Å². The Labute approximate surface area is 88.6 Å². The van der Waals surface area contributed by atoms with E-state index in [0.29, 0.717) is 4.47 Å². The van der Waals surface area contributed by atoms with Crippen LogP contribution in [0.15, 0.2) is 22.7 Å². The number of benzene rings is 1. The maximum Gasteiger partial charge on any atom is 0.336 e. The maximum absolute atomic E-state index is 12.4. The number of rotatable bonds is 3. The van der Waals surface area contributed by atoms with E-state index >= 15 is 0 Å². The van der Waals surface area contributed by atoms with Crippen molar-refractivity contribution >= 4 is 21.9 Å². The zero-order valence-electron chi connectivity index (χ0n) is 7.33. The van der Waals surface area contributed by atoms with Crippen molar-refractivity contribution in [3.8, 4) is 5.75 Å². The molecule has 1 unspecified atom stereocenters. The van der Waals surface area contributed by atoms with Gasteiger partial charge in [0.1, 0.15) is 5.75 Å². The van der Waals surface area contributed by atoms with Gasteiger partial charge in [-0.1, -0.05) is 0 Å². The minimum Gasteiger partial charge on any atom is -0.478 e. The van der Waals surface area contributed by atoms with Crippen molar-refractivity contribution in [2.24, 2.45) is 0 Å². The van der Waals surface area contributed by atoms with Gasteiger partial charge in [0.05, 0.1) is 5.56 Å². The molecule has 0 aliphatic carbocycles. The maximum atomic E-state index is 12.4. The largest absolute Gasteiger partial charge is 0.478 e. The number of halogens is 2. The van der Waals surface area contributed by atoms with Crippen LogP contribution in [0, 0.1) is 0 Å². The molecule has 0 amide bonds. The van der Waals surface area contributed by atoms with E-state index in [1.165, 1.54) is 25.1 Å². The first-order valence-corrected chi connectivity index (χ1v) is 4.63. The minimum absolute atomic E-state index is 0.115. The summed E-state index contributed by atoms with van der Waals surface area (Å²) in [6.07, 6.45) is -1.42. The molecule has 3 nitrogen and oxygen atoms in total. The van der Waals surface area contributed by atoms with Crippen molar-refractivity contribution < 1.29 is 19.0 Å². The Balaban J connectivity index is 2.94. The van der Waals surface area contributed by atoms with Crippen LogP contribution >= 0.6 is 15.9 Å². The second kappa shape index (κ2) is 4.41. The van der Waals surface area contributed by atoms with E-state index in [2.05, 4.69) is 15.9 Å². The predicted molar refractivity (Wildman–Crippen MR) is 52.3 cm³/mol. The molecule has 0 heterocycles. The Morgan fingerprint density at radius 1 is 1.64 bits per heavy atom. The van der Waals surface area contributed by atoms with Gasteiger partial charge < -0.3 is 9.84 Å². The first kappa shape index (κ1) is 11.0. The number of hydrogen-bond donors (Lipinski definition) is 1. The number of carboxylic acids is 1. The molecule has 0 saturated carbocycles. The molecule has 1 aromatic rings. The molecule has 0 spiro atoms. The Morgan fingerprint density at radius 3 is 2.71 bits per heavy atom. The molecule has 0 fully saturated rings. The number of carboxylic acid groups (broad SMARTS) is 1. The third kappa shape index (κ3) is 2.70. The van der Waals surface area contributed by atoms with E-state index in [1.54, 1.807) is 0 Å². The van der Waals surface area contributed by atoms with Crippen LogP contribution in [0.4, 0.5) is 4.39 Å². The number of carbonyl (C=O) groups is 1. The zero-order chi connectivity index (χ0) is 10.7. The lowest BCUT2D eigenvalue weighted by Gasteiger charge is -2.07. The van der Waals surface area contributed by atoms with E-state index in [9.17, 15) is 9.18 Å². The smallest absolute Gasteiger partial charge is 0.336 e. The third-order valence-electron chi connectivity index (χ3n) is 1.47. The minimum atomic E-state index is -1.42. The molecule has 1 rings (SSSR count). The zero-order valence-corrected chi connectivity index (χ0v) is 8.92. The molecule has 0 saturated heterocycles. The van der Waals surface area contributed by atoms with Crippen LogP contribution in [0.3, 0.4) is 0 Å². The van der Waals surface area contributed by atoms with Crippen LogP contribution in [-0.2, 0) is 0 Å². The van der Waals surface area contributed by atoms with Gasteiger partial charge in [-0.25, -0.2) is 9.18 Å². The topological polar surface area (TPSA) is 46.5 Å². The average molecular weight is 263 g/mol. The number of ether oxygens (including phenoxy) is 1. The second-order valence-corrected chi connectivity index (χ2v) is 3.46. The summed E-state index contributed by atoms with van der Waals surface area (Å²) in [6, 6.07) is 4.17. The van der Waals surface area contributed by atoms with Gasteiger partial charge in [0, 0.05) is 11.4 Å². The Kier molecular flexibility index (Phi) is 3.46.